The van der Waals surface area contributed by atoms with E-state index in [1.54, 1.807) is 7.11 Å². The van der Waals surface area contributed by atoms with Crippen molar-refractivity contribution in [1.29, 1.82) is 0 Å². The molecule has 7 heavy (non-hydrogen) atoms. The van der Waals surface area contributed by atoms with Crippen LogP contribution >= 0.6 is 12.4 Å². The van der Waals surface area contributed by atoms with E-state index in [2.05, 4.69) is 4.74 Å². The van der Waals surface area contributed by atoms with Crippen LogP contribution in [0.4, 0.5) is 0 Å². The molecule has 0 aliphatic heterocycles. The van der Waals surface area contributed by atoms with Crippen molar-refractivity contribution in [2.24, 2.45) is 0 Å². The first-order chi connectivity index (χ1) is 2.91. The van der Waals surface area contributed by atoms with E-state index in [-0.39, 0.29) is 12.4 Å². The third-order valence-corrected chi connectivity index (χ3v) is 0.440. The van der Waals surface area contributed by atoms with E-state index in [1.165, 1.54) is 0 Å². The second kappa shape index (κ2) is 9.33. The maximum Gasteiger partial charge on any atom is 0.122 e. The molecule has 0 aromatic carbocycles. The van der Waals surface area contributed by atoms with Gasteiger partial charge in [-0.3, -0.25) is 0 Å². The predicted molar refractivity (Wildman–Crippen MR) is 29.8 cm³/mol. The second-order valence-corrected chi connectivity index (χ2v) is 0.948. The molecule has 0 aliphatic carbocycles. The molecule has 0 saturated heterocycles. The Morgan fingerprint density at radius 3 is 2.43 bits per heavy atom. The fraction of sp³-hybridized carbons (Fsp3) is 0.750. The molecule has 0 bridgehead atoms. The summed E-state index contributed by atoms with van der Waals surface area (Å²) in [5.74, 6) is 0. The summed E-state index contributed by atoms with van der Waals surface area (Å²) in [6.45, 7) is 0.545. The smallest absolute Gasteiger partial charge is 0.122 e. The van der Waals surface area contributed by atoms with Crippen LogP contribution in [0.5, 0.6) is 0 Å². The first-order valence-corrected chi connectivity index (χ1v) is 1.84. The minimum atomic E-state index is 0. The molecule has 0 fully saturated rings. The summed E-state index contributed by atoms with van der Waals surface area (Å²) in [6.07, 6.45) is 1.35. The van der Waals surface area contributed by atoms with E-state index in [1.807, 2.05) is 0 Å². The van der Waals surface area contributed by atoms with Crippen molar-refractivity contribution in [3.8, 4) is 0 Å². The quantitative estimate of drug-likeness (QED) is 0.408. The van der Waals surface area contributed by atoms with Gasteiger partial charge in [0.1, 0.15) is 6.29 Å². The van der Waals surface area contributed by atoms with Crippen molar-refractivity contribution >= 4 is 18.7 Å². The van der Waals surface area contributed by atoms with Crippen molar-refractivity contribution in [2.75, 3.05) is 13.7 Å². The molecule has 3 heteroatoms. The van der Waals surface area contributed by atoms with Gasteiger partial charge in [0, 0.05) is 13.5 Å². The van der Waals surface area contributed by atoms with Gasteiger partial charge in [-0.05, 0) is 0 Å². The van der Waals surface area contributed by atoms with Crippen molar-refractivity contribution in [3.05, 3.63) is 0 Å². The maximum atomic E-state index is 9.48. The predicted octanol–water partition coefficient (Wildman–Crippen LogP) is 0.644. The van der Waals surface area contributed by atoms with Gasteiger partial charge in [0.25, 0.3) is 0 Å². The van der Waals surface area contributed by atoms with Gasteiger partial charge in [-0.25, -0.2) is 0 Å². The van der Waals surface area contributed by atoms with Gasteiger partial charge in [-0.15, -0.1) is 12.4 Å². The molecule has 0 aliphatic rings. The van der Waals surface area contributed by atoms with Gasteiger partial charge in [-0.1, -0.05) is 0 Å². The number of hydrogen-bond acceptors (Lipinski definition) is 2. The van der Waals surface area contributed by atoms with E-state index in [0.717, 1.165) is 6.29 Å². The first kappa shape index (κ1) is 10.0. The second-order valence-electron chi connectivity index (χ2n) is 0.948. The highest BCUT2D eigenvalue weighted by atomic mass is 35.5. The van der Waals surface area contributed by atoms with Gasteiger partial charge in [0.15, 0.2) is 0 Å². The normalized spacial score (nSPS) is 7.00. The van der Waals surface area contributed by atoms with Crippen LogP contribution in [0.2, 0.25) is 0 Å². The molecular formula is C4H9ClO2. The number of halogens is 1. The first-order valence-electron chi connectivity index (χ1n) is 1.84. The van der Waals surface area contributed by atoms with Gasteiger partial charge in [0.2, 0.25) is 0 Å². The Labute approximate surface area is 49.3 Å². The number of aldehydes is 1. The van der Waals surface area contributed by atoms with E-state index < -0.39 is 0 Å². The summed E-state index contributed by atoms with van der Waals surface area (Å²) in [6, 6.07) is 0. The number of methoxy groups -OCH3 is 1. The lowest BCUT2D eigenvalue weighted by atomic mass is 10.5. The van der Waals surface area contributed by atoms with Crippen LogP contribution in [-0.4, -0.2) is 20.0 Å². The lowest BCUT2D eigenvalue weighted by Crippen LogP contribution is -1.86. The number of rotatable bonds is 3. The Kier molecular flexibility index (Phi) is 13.3. The molecule has 0 saturated carbocycles. The SMILES string of the molecule is COCCC=O.Cl. The number of carbonyl (C=O) groups excluding carboxylic acids is 1. The van der Waals surface area contributed by atoms with E-state index in [0.29, 0.717) is 13.0 Å². The fourth-order valence-corrected chi connectivity index (χ4v) is 0.166. The molecule has 0 N–H and O–H groups in total. The van der Waals surface area contributed by atoms with Crippen molar-refractivity contribution in [1.82, 2.24) is 0 Å². The van der Waals surface area contributed by atoms with Gasteiger partial charge in [0.05, 0.1) is 6.61 Å². The van der Waals surface area contributed by atoms with Gasteiger partial charge < -0.3 is 9.53 Å². The summed E-state index contributed by atoms with van der Waals surface area (Å²) in [5, 5.41) is 0. The molecule has 0 radical (unpaired) electrons. The Morgan fingerprint density at radius 2 is 2.29 bits per heavy atom. The fourth-order valence-electron chi connectivity index (χ4n) is 0.166. The van der Waals surface area contributed by atoms with Crippen molar-refractivity contribution in [2.45, 2.75) is 6.42 Å². The minimum Gasteiger partial charge on any atom is -0.384 e. The molecule has 0 spiro atoms. The maximum absolute atomic E-state index is 9.48. The van der Waals surface area contributed by atoms with Crippen LogP contribution in [0.3, 0.4) is 0 Å². The Bertz CT molecular complexity index is 38.7. The molecule has 0 heterocycles. The zero-order valence-corrected chi connectivity index (χ0v) is 5.03. The van der Waals surface area contributed by atoms with Gasteiger partial charge >= 0.3 is 0 Å². The van der Waals surface area contributed by atoms with Crippen molar-refractivity contribution < 1.29 is 9.53 Å². The highest BCUT2D eigenvalue weighted by molar-refractivity contribution is 5.85. The summed E-state index contributed by atoms with van der Waals surface area (Å²) in [5.41, 5.74) is 0. The minimum absolute atomic E-state index is 0. The molecule has 0 amide bonds. The van der Waals surface area contributed by atoms with Crippen molar-refractivity contribution in [3.63, 3.8) is 0 Å². The number of ether oxygens (including phenoxy) is 1. The van der Waals surface area contributed by atoms with Gasteiger partial charge in [-0.2, -0.15) is 0 Å². The summed E-state index contributed by atoms with van der Waals surface area (Å²) < 4.78 is 4.55. The highest BCUT2D eigenvalue weighted by Crippen LogP contribution is 1.68. The van der Waals surface area contributed by atoms with Crippen LogP contribution in [0.15, 0.2) is 0 Å². The van der Waals surface area contributed by atoms with Crippen LogP contribution in [-0.2, 0) is 9.53 Å². The molecule has 0 rings (SSSR count). The van der Waals surface area contributed by atoms with Crippen LogP contribution in [0, 0.1) is 0 Å². The lowest BCUT2D eigenvalue weighted by Gasteiger charge is -1.84. The van der Waals surface area contributed by atoms with E-state index in [9.17, 15) is 4.79 Å². The molecule has 0 aromatic heterocycles. The third kappa shape index (κ3) is 10.7. The van der Waals surface area contributed by atoms with Crippen LogP contribution in [0.25, 0.3) is 0 Å². The molecule has 0 aromatic rings. The Morgan fingerprint density at radius 1 is 1.71 bits per heavy atom. The zero-order valence-electron chi connectivity index (χ0n) is 4.22. The number of carbonyl (C=O) groups is 1. The summed E-state index contributed by atoms with van der Waals surface area (Å²) in [7, 11) is 1.57. The van der Waals surface area contributed by atoms with Crippen LogP contribution < -0.4 is 0 Å². The average Bonchev–Trinajstić information content (AvgIpc) is 1.61. The summed E-state index contributed by atoms with van der Waals surface area (Å²) >= 11 is 0. The molecule has 2 nitrogen and oxygen atoms in total. The molecule has 0 atom stereocenters. The number of hydrogen-bond donors (Lipinski definition) is 0. The Hall–Kier alpha value is -0.0800. The monoisotopic (exact) mass is 124 g/mol. The third-order valence-electron chi connectivity index (χ3n) is 0.440. The zero-order chi connectivity index (χ0) is 4.83. The highest BCUT2D eigenvalue weighted by Gasteiger charge is 1.74. The largest absolute Gasteiger partial charge is 0.384 e. The molecular weight excluding hydrogens is 115 g/mol. The average molecular weight is 125 g/mol. The molecule has 44 valence electrons. The van der Waals surface area contributed by atoms with E-state index in [4.69, 9.17) is 0 Å². The van der Waals surface area contributed by atoms with Crippen LogP contribution in [0.1, 0.15) is 6.42 Å². The van der Waals surface area contributed by atoms with E-state index >= 15 is 0 Å². The Balaban J connectivity index is 0. The molecule has 0 unspecified atom stereocenters. The topological polar surface area (TPSA) is 26.3 Å². The standard InChI is InChI=1S/C4H8O2.ClH/c1-6-4-2-3-5;/h3H,2,4H2,1H3;1H. The lowest BCUT2D eigenvalue weighted by molar-refractivity contribution is -0.108. The summed E-state index contributed by atoms with van der Waals surface area (Å²) in [4.78, 5) is 9.48.